The largest absolute Gasteiger partial charge is 0.368 e. The Morgan fingerprint density at radius 1 is 0.950 bits per heavy atom. The van der Waals surface area contributed by atoms with Crippen LogP contribution in [-0.2, 0) is 0 Å². The first-order valence-corrected chi connectivity index (χ1v) is 7.66. The zero-order valence-electron chi connectivity index (χ0n) is 11.6. The molecule has 2 fully saturated rings. The molecule has 0 radical (unpaired) electrons. The summed E-state index contributed by atoms with van der Waals surface area (Å²) in [4.78, 5) is 18.6. The van der Waals surface area contributed by atoms with E-state index in [1.807, 2.05) is 28.0 Å². The highest BCUT2D eigenvalue weighted by Crippen LogP contribution is 2.21. The number of carbonyl (C=O) groups is 1. The molecule has 3 rings (SSSR count). The number of hydrogen-bond acceptors (Lipinski definition) is 2. The summed E-state index contributed by atoms with van der Waals surface area (Å²) in [7, 11) is 0. The lowest BCUT2D eigenvalue weighted by Gasteiger charge is -2.37. The molecule has 0 atom stereocenters. The molecule has 20 heavy (non-hydrogen) atoms. The molecule has 0 saturated carbocycles. The third-order valence-electron chi connectivity index (χ3n) is 4.10. The number of halogens is 1. The van der Waals surface area contributed by atoms with Crippen LogP contribution < -0.4 is 4.90 Å². The zero-order valence-corrected chi connectivity index (χ0v) is 12.4. The van der Waals surface area contributed by atoms with Crippen molar-refractivity contribution in [3.63, 3.8) is 0 Å². The van der Waals surface area contributed by atoms with E-state index >= 15 is 0 Å². The van der Waals surface area contributed by atoms with Crippen LogP contribution in [0.1, 0.15) is 12.8 Å². The van der Waals surface area contributed by atoms with Gasteiger partial charge in [0.2, 0.25) is 0 Å². The van der Waals surface area contributed by atoms with Crippen LogP contribution in [-0.4, -0.2) is 55.1 Å². The first kappa shape index (κ1) is 13.6. The molecule has 0 aromatic heterocycles. The maximum absolute atomic E-state index is 12.3. The smallest absolute Gasteiger partial charge is 0.320 e. The van der Waals surface area contributed by atoms with Crippen molar-refractivity contribution in [2.75, 3.05) is 44.2 Å². The number of rotatable bonds is 1. The molecule has 0 spiro atoms. The molecule has 0 aliphatic carbocycles. The average molecular weight is 294 g/mol. The van der Waals surface area contributed by atoms with Gasteiger partial charge in [0, 0.05) is 50.0 Å². The Bertz CT molecular complexity index is 480. The molecule has 0 N–H and O–H groups in total. The van der Waals surface area contributed by atoms with Crippen molar-refractivity contribution in [3.8, 4) is 0 Å². The molecule has 5 heteroatoms. The molecule has 1 aromatic rings. The van der Waals surface area contributed by atoms with E-state index in [0.29, 0.717) is 0 Å². The minimum absolute atomic E-state index is 0.216. The minimum Gasteiger partial charge on any atom is -0.368 e. The van der Waals surface area contributed by atoms with Crippen LogP contribution in [0.2, 0.25) is 5.02 Å². The maximum Gasteiger partial charge on any atom is 0.320 e. The second-order valence-electron chi connectivity index (χ2n) is 5.43. The number of hydrogen-bond donors (Lipinski definition) is 0. The van der Waals surface area contributed by atoms with Crippen molar-refractivity contribution in [1.82, 2.24) is 9.80 Å². The molecule has 4 nitrogen and oxygen atoms in total. The maximum atomic E-state index is 12.3. The Morgan fingerprint density at radius 2 is 1.60 bits per heavy atom. The minimum atomic E-state index is 0.216. The SMILES string of the molecule is O=C(N1CCCC1)N1CCN(c2cccc(Cl)c2)CC1. The summed E-state index contributed by atoms with van der Waals surface area (Å²) in [5, 5.41) is 0.762. The van der Waals surface area contributed by atoms with E-state index in [2.05, 4.69) is 11.0 Å². The van der Waals surface area contributed by atoms with Gasteiger partial charge in [0.1, 0.15) is 0 Å². The fourth-order valence-electron chi connectivity index (χ4n) is 2.94. The fourth-order valence-corrected chi connectivity index (χ4v) is 3.12. The van der Waals surface area contributed by atoms with Crippen molar-refractivity contribution in [2.24, 2.45) is 0 Å². The normalized spacial score (nSPS) is 19.6. The standard InChI is InChI=1S/C15H20ClN3O/c16-13-4-3-5-14(12-13)17-8-10-19(11-9-17)15(20)18-6-1-2-7-18/h3-5,12H,1-2,6-11H2. The van der Waals surface area contributed by atoms with Gasteiger partial charge in [-0.15, -0.1) is 0 Å². The van der Waals surface area contributed by atoms with Crippen LogP contribution in [0.3, 0.4) is 0 Å². The summed E-state index contributed by atoms with van der Waals surface area (Å²) in [6.45, 7) is 5.18. The van der Waals surface area contributed by atoms with Crippen molar-refractivity contribution in [1.29, 1.82) is 0 Å². The van der Waals surface area contributed by atoms with Gasteiger partial charge >= 0.3 is 6.03 Å². The molecular formula is C15H20ClN3O. The lowest BCUT2D eigenvalue weighted by atomic mass is 10.2. The van der Waals surface area contributed by atoms with E-state index in [0.717, 1.165) is 62.8 Å². The molecule has 2 amide bonds. The third kappa shape index (κ3) is 2.85. The Labute approximate surface area is 124 Å². The summed E-state index contributed by atoms with van der Waals surface area (Å²) in [6.07, 6.45) is 2.29. The van der Waals surface area contributed by atoms with E-state index in [9.17, 15) is 4.79 Å². The van der Waals surface area contributed by atoms with Gasteiger partial charge < -0.3 is 14.7 Å². The number of likely N-dealkylation sites (tertiary alicyclic amines) is 1. The molecule has 108 valence electrons. The highest BCUT2D eigenvalue weighted by Gasteiger charge is 2.26. The van der Waals surface area contributed by atoms with E-state index in [1.54, 1.807) is 0 Å². The second-order valence-corrected chi connectivity index (χ2v) is 5.87. The first-order chi connectivity index (χ1) is 9.74. The molecule has 0 bridgehead atoms. The van der Waals surface area contributed by atoms with Gasteiger partial charge in [0.25, 0.3) is 0 Å². The fraction of sp³-hybridized carbons (Fsp3) is 0.533. The number of carbonyl (C=O) groups excluding carboxylic acids is 1. The highest BCUT2D eigenvalue weighted by molar-refractivity contribution is 6.30. The average Bonchev–Trinajstić information content (AvgIpc) is 3.01. The predicted octanol–water partition coefficient (Wildman–Crippen LogP) is 2.68. The topological polar surface area (TPSA) is 26.8 Å². The molecule has 2 aliphatic heterocycles. The zero-order chi connectivity index (χ0) is 13.9. The van der Waals surface area contributed by atoms with Crippen molar-refractivity contribution in [2.45, 2.75) is 12.8 Å². The number of nitrogens with zero attached hydrogens (tertiary/aromatic N) is 3. The number of urea groups is 1. The lowest BCUT2D eigenvalue weighted by molar-refractivity contribution is 0.159. The van der Waals surface area contributed by atoms with Crippen LogP contribution in [0, 0.1) is 0 Å². The Kier molecular flexibility index (Phi) is 4.01. The van der Waals surface area contributed by atoms with Gasteiger partial charge in [0.05, 0.1) is 0 Å². The lowest BCUT2D eigenvalue weighted by Crippen LogP contribution is -2.52. The molecule has 0 unspecified atom stereocenters. The Hall–Kier alpha value is -1.42. The number of piperazine rings is 1. The van der Waals surface area contributed by atoms with Gasteiger partial charge in [-0.3, -0.25) is 0 Å². The van der Waals surface area contributed by atoms with Crippen molar-refractivity contribution >= 4 is 23.3 Å². The summed E-state index contributed by atoms with van der Waals surface area (Å²) >= 11 is 6.03. The first-order valence-electron chi connectivity index (χ1n) is 7.28. The summed E-state index contributed by atoms with van der Waals surface area (Å²) in [5.74, 6) is 0. The van der Waals surface area contributed by atoms with Gasteiger partial charge in [-0.05, 0) is 31.0 Å². The number of amides is 2. The molecule has 1 aromatic carbocycles. The van der Waals surface area contributed by atoms with Crippen LogP contribution in [0.25, 0.3) is 0 Å². The Morgan fingerprint density at radius 3 is 2.25 bits per heavy atom. The second kappa shape index (κ2) is 5.92. The third-order valence-corrected chi connectivity index (χ3v) is 4.34. The van der Waals surface area contributed by atoms with Crippen LogP contribution in [0.4, 0.5) is 10.5 Å². The van der Waals surface area contributed by atoms with E-state index in [-0.39, 0.29) is 6.03 Å². The number of benzene rings is 1. The van der Waals surface area contributed by atoms with E-state index in [1.165, 1.54) is 0 Å². The van der Waals surface area contributed by atoms with Gasteiger partial charge in [0.15, 0.2) is 0 Å². The summed E-state index contributed by atoms with van der Waals surface area (Å²) in [6, 6.07) is 8.13. The quantitative estimate of drug-likeness (QED) is 0.796. The van der Waals surface area contributed by atoms with Crippen LogP contribution in [0.5, 0.6) is 0 Å². The summed E-state index contributed by atoms with van der Waals surface area (Å²) < 4.78 is 0. The van der Waals surface area contributed by atoms with Crippen molar-refractivity contribution in [3.05, 3.63) is 29.3 Å². The molecule has 2 saturated heterocycles. The molecule has 2 aliphatic rings. The predicted molar refractivity (Wildman–Crippen MR) is 81.4 cm³/mol. The van der Waals surface area contributed by atoms with Crippen LogP contribution >= 0.6 is 11.6 Å². The number of anilines is 1. The monoisotopic (exact) mass is 293 g/mol. The van der Waals surface area contributed by atoms with E-state index < -0.39 is 0 Å². The highest BCUT2D eigenvalue weighted by atomic mass is 35.5. The molecular weight excluding hydrogens is 274 g/mol. The Balaban J connectivity index is 1.58. The van der Waals surface area contributed by atoms with E-state index in [4.69, 9.17) is 11.6 Å². The van der Waals surface area contributed by atoms with Crippen LogP contribution in [0.15, 0.2) is 24.3 Å². The van der Waals surface area contributed by atoms with Crippen molar-refractivity contribution < 1.29 is 4.79 Å². The van der Waals surface area contributed by atoms with Gasteiger partial charge in [-0.25, -0.2) is 4.79 Å². The molecule has 2 heterocycles. The van der Waals surface area contributed by atoms with Gasteiger partial charge in [-0.2, -0.15) is 0 Å². The summed E-state index contributed by atoms with van der Waals surface area (Å²) in [5.41, 5.74) is 1.14. The van der Waals surface area contributed by atoms with Gasteiger partial charge in [-0.1, -0.05) is 17.7 Å².